The number of hydrogen-bond acceptors (Lipinski definition) is 5. The van der Waals surface area contributed by atoms with Gasteiger partial charge >= 0.3 is 11.9 Å². The minimum absolute atomic E-state index is 0.0571. The van der Waals surface area contributed by atoms with Gasteiger partial charge in [-0.15, -0.1) is 0 Å². The average molecular weight is 653 g/mol. The summed E-state index contributed by atoms with van der Waals surface area (Å²) in [6, 6.07) is 0. The number of unbranched alkanes of at least 4 members (excludes halogenated alkanes) is 30. The zero-order valence-corrected chi connectivity index (χ0v) is 31.1. The van der Waals surface area contributed by atoms with Gasteiger partial charge < -0.3 is 14.6 Å². The Labute approximate surface area is 287 Å². The van der Waals surface area contributed by atoms with E-state index in [0.29, 0.717) is 12.8 Å². The highest BCUT2D eigenvalue weighted by atomic mass is 16.6. The molecule has 0 spiro atoms. The average Bonchev–Trinajstić information content (AvgIpc) is 3.06. The van der Waals surface area contributed by atoms with Crippen LogP contribution in [-0.2, 0) is 19.1 Å². The fourth-order valence-electron chi connectivity index (χ4n) is 6.26. The van der Waals surface area contributed by atoms with E-state index in [1.165, 1.54) is 173 Å². The molecule has 1 unspecified atom stereocenters. The van der Waals surface area contributed by atoms with Crippen LogP contribution in [0.15, 0.2) is 0 Å². The van der Waals surface area contributed by atoms with Crippen molar-refractivity contribution in [3.8, 4) is 0 Å². The number of rotatable bonds is 38. The van der Waals surface area contributed by atoms with Gasteiger partial charge in [-0.1, -0.05) is 206 Å². The molecule has 5 heteroatoms. The van der Waals surface area contributed by atoms with Gasteiger partial charge in [0.25, 0.3) is 0 Å². The van der Waals surface area contributed by atoms with Gasteiger partial charge in [0.1, 0.15) is 6.61 Å². The summed E-state index contributed by atoms with van der Waals surface area (Å²) in [5.74, 6) is -0.576. The Morgan fingerprint density at radius 1 is 0.413 bits per heavy atom. The minimum Gasteiger partial charge on any atom is -0.462 e. The third-order valence-corrected chi connectivity index (χ3v) is 9.40. The summed E-state index contributed by atoms with van der Waals surface area (Å²) in [4.78, 5) is 24.2. The third kappa shape index (κ3) is 35.7. The third-order valence-electron chi connectivity index (χ3n) is 9.40. The van der Waals surface area contributed by atoms with Crippen LogP contribution in [-0.4, -0.2) is 36.4 Å². The maximum atomic E-state index is 12.2. The molecule has 0 rings (SSSR count). The van der Waals surface area contributed by atoms with Crippen molar-refractivity contribution >= 4 is 11.9 Å². The van der Waals surface area contributed by atoms with E-state index in [1.807, 2.05) is 0 Å². The molecule has 0 aromatic heterocycles. The Kier molecular flexibility index (Phi) is 37.4. The van der Waals surface area contributed by atoms with Crippen LogP contribution >= 0.6 is 0 Å². The second kappa shape index (κ2) is 38.3. The van der Waals surface area contributed by atoms with Crippen molar-refractivity contribution in [2.24, 2.45) is 0 Å². The molecular weight excluding hydrogens is 572 g/mol. The molecule has 0 heterocycles. The van der Waals surface area contributed by atoms with E-state index < -0.39 is 6.10 Å². The van der Waals surface area contributed by atoms with E-state index in [9.17, 15) is 14.7 Å². The second-order valence-corrected chi connectivity index (χ2v) is 14.1. The predicted molar refractivity (Wildman–Crippen MR) is 196 cm³/mol. The maximum Gasteiger partial charge on any atom is 0.306 e. The van der Waals surface area contributed by atoms with Crippen LogP contribution in [0.25, 0.3) is 0 Å². The van der Waals surface area contributed by atoms with E-state index in [-0.39, 0.29) is 25.2 Å². The van der Waals surface area contributed by atoms with E-state index in [0.717, 1.165) is 32.1 Å². The molecule has 274 valence electrons. The van der Waals surface area contributed by atoms with Crippen LogP contribution in [0, 0.1) is 0 Å². The fraction of sp³-hybridized carbons (Fsp3) is 0.951. The van der Waals surface area contributed by atoms with Crippen LogP contribution < -0.4 is 0 Å². The van der Waals surface area contributed by atoms with Crippen molar-refractivity contribution in [3.63, 3.8) is 0 Å². The SMILES string of the molecule is CCCCCCCCCCCCCCCCCCCCCCCC(=O)OC(CO)COC(=O)CCCCCCCCCCCCC. The monoisotopic (exact) mass is 653 g/mol. The lowest BCUT2D eigenvalue weighted by Crippen LogP contribution is -2.28. The summed E-state index contributed by atoms with van der Waals surface area (Å²) in [6.45, 7) is 4.16. The molecule has 0 aromatic rings. The fourth-order valence-corrected chi connectivity index (χ4v) is 6.26. The normalized spacial score (nSPS) is 12.0. The molecule has 0 saturated carbocycles. The Bertz CT molecular complexity index is 622. The number of hydrogen-bond donors (Lipinski definition) is 1. The van der Waals surface area contributed by atoms with Crippen molar-refractivity contribution in [3.05, 3.63) is 0 Å². The topological polar surface area (TPSA) is 72.8 Å². The molecule has 46 heavy (non-hydrogen) atoms. The summed E-state index contributed by atoms with van der Waals surface area (Å²) in [7, 11) is 0. The predicted octanol–water partition coefficient (Wildman–Crippen LogP) is 12.7. The van der Waals surface area contributed by atoms with Crippen molar-refractivity contribution < 1.29 is 24.2 Å². The largest absolute Gasteiger partial charge is 0.462 e. The molecule has 1 N–H and O–H groups in total. The Balaban J connectivity index is 3.45. The zero-order chi connectivity index (χ0) is 33.6. The summed E-state index contributed by atoms with van der Waals surface area (Å²) in [5.41, 5.74) is 0. The molecule has 0 fully saturated rings. The molecule has 0 bridgehead atoms. The first-order valence-corrected chi connectivity index (χ1v) is 20.6. The molecule has 0 amide bonds. The molecule has 5 nitrogen and oxygen atoms in total. The van der Waals surface area contributed by atoms with Gasteiger partial charge in [-0.2, -0.15) is 0 Å². The number of esters is 2. The van der Waals surface area contributed by atoms with Crippen LogP contribution in [0.5, 0.6) is 0 Å². The standard InChI is InChI=1S/C41H80O5/c1-3-5-7-9-11-13-15-16-17-18-19-20-21-22-23-24-26-28-30-32-34-36-41(44)46-39(37-42)38-45-40(43)35-33-31-29-27-25-14-12-10-8-6-4-2/h39,42H,3-38H2,1-2H3. The minimum atomic E-state index is -0.760. The maximum absolute atomic E-state index is 12.2. The van der Waals surface area contributed by atoms with Crippen molar-refractivity contribution in [1.29, 1.82) is 0 Å². The van der Waals surface area contributed by atoms with Gasteiger partial charge in [0.2, 0.25) is 0 Å². The number of aliphatic hydroxyl groups excluding tert-OH is 1. The van der Waals surface area contributed by atoms with Gasteiger partial charge in [-0.3, -0.25) is 9.59 Å². The van der Waals surface area contributed by atoms with E-state index in [2.05, 4.69) is 13.8 Å². The lowest BCUT2D eigenvalue weighted by molar-refractivity contribution is -0.161. The zero-order valence-electron chi connectivity index (χ0n) is 31.1. The first-order valence-electron chi connectivity index (χ1n) is 20.6. The lowest BCUT2D eigenvalue weighted by atomic mass is 10.0. The van der Waals surface area contributed by atoms with Gasteiger partial charge in [0.05, 0.1) is 6.61 Å². The highest BCUT2D eigenvalue weighted by molar-refractivity contribution is 5.70. The van der Waals surface area contributed by atoms with Crippen molar-refractivity contribution in [2.45, 2.75) is 238 Å². The number of ether oxygens (including phenoxy) is 2. The van der Waals surface area contributed by atoms with Crippen LogP contribution in [0.1, 0.15) is 232 Å². The van der Waals surface area contributed by atoms with Gasteiger partial charge in [-0.05, 0) is 12.8 Å². The molecule has 0 aliphatic heterocycles. The molecule has 0 radical (unpaired) electrons. The molecule has 1 atom stereocenters. The van der Waals surface area contributed by atoms with E-state index in [4.69, 9.17) is 9.47 Å². The van der Waals surface area contributed by atoms with Crippen LogP contribution in [0.2, 0.25) is 0 Å². The van der Waals surface area contributed by atoms with E-state index in [1.54, 1.807) is 0 Å². The molecule has 0 saturated heterocycles. The smallest absolute Gasteiger partial charge is 0.306 e. The van der Waals surface area contributed by atoms with Crippen molar-refractivity contribution in [1.82, 2.24) is 0 Å². The highest BCUT2D eigenvalue weighted by Crippen LogP contribution is 2.16. The van der Waals surface area contributed by atoms with Crippen molar-refractivity contribution in [2.75, 3.05) is 13.2 Å². The molecule has 0 aromatic carbocycles. The summed E-state index contributed by atoms with van der Waals surface area (Å²) >= 11 is 0. The number of carbonyl (C=O) groups excluding carboxylic acids is 2. The number of aliphatic hydroxyl groups is 1. The summed E-state index contributed by atoms with van der Waals surface area (Å²) < 4.78 is 10.6. The second-order valence-electron chi connectivity index (χ2n) is 14.1. The summed E-state index contributed by atoms with van der Waals surface area (Å²) in [5, 5.41) is 9.54. The Hall–Kier alpha value is -1.10. The van der Waals surface area contributed by atoms with Crippen LogP contribution in [0.4, 0.5) is 0 Å². The lowest BCUT2D eigenvalue weighted by Gasteiger charge is -2.15. The molecule has 0 aliphatic rings. The Morgan fingerprint density at radius 3 is 0.957 bits per heavy atom. The summed E-state index contributed by atoms with van der Waals surface area (Å²) in [6.07, 6.45) is 41.7. The Morgan fingerprint density at radius 2 is 0.674 bits per heavy atom. The molecular formula is C41H80O5. The number of carbonyl (C=O) groups is 2. The molecule has 0 aliphatic carbocycles. The van der Waals surface area contributed by atoms with Gasteiger partial charge in [0.15, 0.2) is 6.10 Å². The first-order chi connectivity index (χ1) is 22.6. The van der Waals surface area contributed by atoms with Gasteiger partial charge in [-0.25, -0.2) is 0 Å². The highest BCUT2D eigenvalue weighted by Gasteiger charge is 2.16. The van der Waals surface area contributed by atoms with E-state index >= 15 is 0 Å². The first kappa shape index (κ1) is 44.9. The van der Waals surface area contributed by atoms with Crippen LogP contribution in [0.3, 0.4) is 0 Å². The van der Waals surface area contributed by atoms with Gasteiger partial charge in [0, 0.05) is 12.8 Å². The quantitative estimate of drug-likeness (QED) is 0.0531.